The van der Waals surface area contributed by atoms with Crippen LogP contribution in [0.1, 0.15) is 0 Å². The largest absolute Gasteiger partial charge is 0.492 e. The van der Waals surface area contributed by atoms with Crippen molar-refractivity contribution in [3.05, 3.63) is 24.3 Å². The Balaban J connectivity index is 2.42. The highest BCUT2D eigenvalue weighted by atomic mass is 16.5. The third kappa shape index (κ3) is 4.67. The van der Waals surface area contributed by atoms with E-state index in [9.17, 15) is 0 Å². The highest BCUT2D eigenvalue weighted by Crippen LogP contribution is 2.18. The first-order valence-corrected chi connectivity index (χ1v) is 4.98. The molecule has 0 saturated carbocycles. The summed E-state index contributed by atoms with van der Waals surface area (Å²) < 4.78 is 10.7. The molecule has 0 aromatic heterocycles. The number of likely N-dealkylation sites (N-methyl/N-ethyl adjacent to an activating group) is 1. The van der Waals surface area contributed by atoms with Crippen molar-refractivity contribution in [3.8, 4) is 11.5 Å². The fraction of sp³-hybridized carbons (Fsp3) is 0.455. The molecule has 0 heterocycles. The fourth-order valence-corrected chi connectivity index (χ4v) is 1.09. The van der Waals surface area contributed by atoms with Gasteiger partial charge in [0, 0.05) is 12.6 Å². The van der Waals surface area contributed by atoms with Crippen molar-refractivity contribution < 1.29 is 14.6 Å². The Kier molecular flexibility index (Phi) is 5.58. The first-order valence-electron chi connectivity index (χ1n) is 4.98. The first-order chi connectivity index (χ1) is 7.36. The molecule has 1 rings (SSSR count). The van der Waals surface area contributed by atoms with Crippen molar-refractivity contribution in [1.29, 1.82) is 0 Å². The van der Waals surface area contributed by atoms with Crippen molar-refractivity contribution in [3.63, 3.8) is 0 Å². The Labute approximate surface area is 89.8 Å². The summed E-state index contributed by atoms with van der Waals surface area (Å²) in [6.07, 6.45) is 0. The molecule has 0 spiro atoms. The fourth-order valence-electron chi connectivity index (χ4n) is 1.09. The van der Waals surface area contributed by atoms with Crippen LogP contribution >= 0.6 is 0 Å². The maximum absolute atomic E-state index is 8.61. The third-order valence-corrected chi connectivity index (χ3v) is 1.79. The molecule has 2 N–H and O–H groups in total. The Morgan fingerprint density at radius 3 is 2.47 bits per heavy atom. The maximum atomic E-state index is 8.61. The van der Waals surface area contributed by atoms with Gasteiger partial charge in [-0.2, -0.15) is 0 Å². The van der Waals surface area contributed by atoms with Crippen molar-refractivity contribution in [2.45, 2.75) is 0 Å². The molecule has 0 amide bonds. The summed E-state index contributed by atoms with van der Waals surface area (Å²) in [7, 11) is 1.88. The van der Waals surface area contributed by atoms with Gasteiger partial charge < -0.3 is 19.9 Å². The van der Waals surface area contributed by atoms with Crippen LogP contribution in [-0.4, -0.2) is 38.5 Å². The van der Waals surface area contributed by atoms with Gasteiger partial charge in [0.1, 0.15) is 24.7 Å². The summed E-state index contributed by atoms with van der Waals surface area (Å²) >= 11 is 0. The van der Waals surface area contributed by atoms with E-state index in [-0.39, 0.29) is 6.61 Å². The predicted molar refractivity (Wildman–Crippen MR) is 58.4 cm³/mol. The zero-order chi connectivity index (χ0) is 10.9. The van der Waals surface area contributed by atoms with Crippen LogP contribution in [0.4, 0.5) is 0 Å². The number of rotatable bonds is 7. The lowest BCUT2D eigenvalue weighted by molar-refractivity contribution is 0.200. The smallest absolute Gasteiger partial charge is 0.123 e. The Bertz CT molecular complexity index is 278. The summed E-state index contributed by atoms with van der Waals surface area (Å²) in [4.78, 5) is 0. The molecular weight excluding hydrogens is 194 g/mol. The van der Waals surface area contributed by atoms with E-state index in [2.05, 4.69) is 5.32 Å². The van der Waals surface area contributed by atoms with Gasteiger partial charge in [-0.3, -0.25) is 0 Å². The normalized spacial score (nSPS) is 10.0. The van der Waals surface area contributed by atoms with E-state index in [1.165, 1.54) is 0 Å². The molecule has 4 nitrogen and oxygen atoms in total. The van der Waals surface area contributed by atoms with Crippen LogP contribution in [-0.2, 0) is 0 Å². The minimum absolute atomic E-state index is 0.0187. The second-order valence-corrected chi connectivity index (χ2v) is 3.00. The number of hydrogen-bond donors (Lipinski definition) is 2. The molecule has 0 saturated heterocycles. The van der Waals surface area contributed by atoms with E-state index in [0.717, 1.165) is 12.3 Å². The van der Waals surface area contributed by atoms with Gasteiger partial charge in [-0.25, -0.2) is 0 Å². The minimum atomic E-state index is 0.0187. The molecule has 4 heteroatoms. The molecule has 84 valence electrons. The summed E-state index contributed by atoms with van der Waals surface area (Å²) in [6, 6.07) is 7.38. The van der Waals surface area contributed by atoms with Crippen molar-refractivity contribution >= 4 is 0 Å². The zero-order valence-corrected chi connectivity index (χ0v) is 8.90. The van der Waals surface area contributed by atoms with Gasteiger partial charge in [0.25, 0.3) is 0 Å². The van der Waals surface area contributed by atoms with Crippen molar-refractivity contribution in [2.24, 2.45) is 0 Å². The van der Waals surface area contributed by atoms with E-state index in [1.54, 1.807) is 0 Å². The molecule has 0 aliphatic rings. The number of hydrogen-bond acceptors (Lipinski definition) is 4. The SMILES string of the molecule is CNCCOc1cccc(OCCO)c1. The number of nitrogens with one attached hydrogen (secondary N) is 1. The molecule has 0 radical (unpaired) electrons. The molecule has 15 heavy (non-hydrogen) atoms. The number of aliphatic hydroxyl groups excluding tert-OH is 1. The van der Waals surface area contributed by atoms with E-state index < -0.39 is 0 Å². The second kappa shape index (κ2) is 7.09. The molecule has 0 fully saturated rings. The lowest BCUT2D eigenvalue weighted by Crippen LogP contribution is -2.15. The molecule has 0 unspecified atom stereocenters. The number of ether oxygens (including phenoxy) is 2. The van der Waals surface area contributed by atoms with Crippen LogP contribution in [0, 0.1) is 0 Å². The van der Waals surface area contributed by atoms with Gasteiger partial charge in [0.05, 0.1) is 6.61 Å². The van der Waals surface area contributed by atoms with Gasteiger partial charge in [0.2, 0.25) is 0 Å². The van der Waals surface area contributed by atoms with Crippen molar-refractivity contribution in [2.75, 3.05) is 33.4 Å². The quantitative estimate of drug-likeness (QED) is 0.650. The van der Waals surface area contributed by atoms with Gasteiger partial charge in [-0.05, 0) is 19.2 Å². The van der Waals surface area contributed by atoms with Gasteiger partial charge in [-0.1, -0.05) is 6.07 Å². The lowest BCUT2D eigenvalue weighted by atomic mass is 10.3. The van der Waals surface area contributed by atoms with Crippen LogP contribution in [0.15, 0.2) is 24.3 Å². The zero-order valence-electron chi connectivity index (χ0n) is 8.90. The summed E-state index contributed by atoms with van der Waals surface area (Å²) in [6.45, 7) is 1.76. The molecule has 0 aliphatic heterocycles. The Hall–Kier alpha value is -1.26. The molecule has 1 aromatic carbocycles. The van der Waals surface area contributed by atoms with E-state index in [0.29, 0.717) is 19.0 Å². The molecular formula is C11H17NO3. The van der Waals surface area contributed by atoms with Gasteiger partial charge >= 0.3 is 0 Å². The average Bonchev–Trinajstić information content (AvgIpc) is 2.27. The number of aliphatic hydroxyl groups is 1. The molecule has 0 atom stereocenters. The summed E-state index contributed by atoms with van der Waals surface area (Å²) in [5.74, 6) is 1.49. The summed E-state index contributed by atoms with van der Waals surface area (Å²) in [5, 5.41) is 11.6. The predicted octanol–water partition coefficient (Wildman–Crippen LogP) is 0.656. The third-order valence-electron chi connectivity index (χ3n) is 1.79. The van der Waals surface area contributed by atoms with Crippen LogP contribution in [0.5, 0.6) is 11.5 Å². The summed E-state index contributed by atoms with van der Waals surface area (Å²) in [5.41, 5.74) is 0. The van der Waals surface area contributed by atoms with E-state index in [4.69, 9.17) is 14.6 Å². The van der Waals surface area contributed by atoms with Crippen LogP contribution < -0.4 is 14.8 Å². The van der Waals surface area contributed by atoms with Crippen LogP contribution in [0.3, 0.4) is 0 Å². The highest BCUT2D eigenvalue weighted by molar-refractivity contribution is 5.32. The monoisotopic (exact) mass is 211 g/mol. The topological polar surface area (TPSA) is 50.7 Å². The lowest BCUT2D eigenvalue weighted by Gasteiger charge is -2.08. The maximum Gasteiger partial charge on any atom is 0.123 e. The second-order valence-electron chi connectivity index (χ2n) is 3.00. The van der Waals surface area contributed by atoms with E-state index >= 15 is 0 Å². The Morgan fingerprint density at radius 1 is 1.20 bits per heavy atom. The average molecular weight is 211 g/mol. The van der Waals surface area contributed by atoms with Crippen LogP contribution in [0.2, 0.25) is 0 Å². The standard InChI is InChI=1S/C11H17NO3/c1-12-5-7-14-10-3-2-4-11(9-10)15-8-6-13/h2-4,9,12-13H,5-8H2,1H3. The van der Waals surface area contributed by atoms with E-state index in [1.807, 2.05) is 31.3 Å². The molecule has 1 aromatic rings. The van der Waals surface area contributed by atoms with Gasteiger partial charge in [0.15, 0.2) is 0 Å². The molecule has 0 aliphatic carbocycles. The van der Waals surface area contributed by atoms with Crippen LogP contribution in [0.25, 0.3) is 0 Å². The molecule has 0 bridgehead atoms. The minimum Gasteiger partial charge on any atom is -0.492 e. The Morgan fingerprint density at radius 2 is 1.87 bits per heavy atom. The van der Waals surface area contributed by atoms with Crippen molar-refractivity contribution in [1.82, 2.24) is 5.32 Å². The highest BCUT2D eigenvalue weighted by Gasteiger charge is 1.97. The van der Waals surface area contributed by atoms with Gasteiger partial charge in [-0.15, -0.1) is 0 Å². The number of benzene rings is 1. The first kappa shape index (κ1) is 11.8.